The third-order valence-electron chi connectivity index (χ3n) is 2.96. The summed E-state index contributed by atoms with van der Waals surface area (Å²) in [5.41, 5.74) is 2.89. The number of benzene rings is 1. The SMILES string of the molecule is Cc1c(CNc2ccc(Br)c([N+](=O)[O-])c2)cnn1C. The number of aromatic nitrogens is 2. The first-order chi connectivity index (χ1) is 8.99. The molecule has 0 fully saturated rings. The summed E-state index contributed by atoms with van der Waals surface area (Å²) in [7, 11) is 1.88. The summed E-state index contributed by atoms with van der Waals surface area (Å²) in [6.45, 7) is 2.56. The van der Waals surface area contributed by atoms with Crippen molar-refractivity contribution in [3.8, 4) is 0 Å². The minimum absolute atomic E-state index is 0.0490. The first-order valence-corrected chi connectivity index (χ1v) is 6.43. The van der Waals surface area contributed by atoms with Crippen LogP contribution in [0.15, 0.2) is 28.9 Å². The second-order valence-electron chi connectivity index (χ2n) is 4.16. The number of nitrogens with zero attached hydrogens (tertiary/aromatic N) is 3. The van der Waals surface area contributed by atoms with Crippen LogP contribution in [0.3, 0.4) is 0 Å². The summed E-state index contributed by atoms with van der Waals surface area (Å²) in [4.78, 5) is 10.4. The molecule has 0 bridgehead atoms. The number of halogens is 1. The second-order valence-corrected chi connectivity index (χ2v) is 5.01. The molecule has 1 aromatic carbocycles. The van der Waals surface area contributed by atoms with E-state index in [2.05, 4.69) is 26.3 Å². The van der Waals surface area contributed by atoms with Crippen LogP contribution in [0.1, 0.15) is 11.3 Å². The Morgan fingerprint density at radius 2 is 2.26 bits per heavy atom. The Hall–Kier alpha value is -1.89. The second kappa shape index (κ2) is 5.40. The fourth-order valence-electron chi connectivity index (χ4n) is 1.68. The topological polar surface area (TPSA) is 73.0 Å². The highest BCUT2D eigenvalue weighted by Crippen LogP contribution is 2.28. The Labute approximate surface area is 118 Å². The van der Waals surface area contributed by atoms with E-state index in [1.807, 2.05) is 14.0 Å². The van der Waals surface area contributed by atoms with Crippen LogP contribution < -0.4 is 5.32 Å². The molecule has 2 rings (SSSR count). The zero-order chi connectivity index (χ0) is 14.0. The van der Waals surface area contributed by atoms with Gasteiger partial charge in [-0.2, -0.15) is 5.10 Å². The highest BCUT2D eigenvalue weighted by Gasteiger charge is 2.12. The van der Waals surface area contributed by atoms with Crippen LogP contribution in [0.2, 0.25) is 0 Å². The molecule has 0 spiro atoms. The molecule has 1 aromatic heterocycles. The van der Waals surface area contributed by atoms with E-state index in [4.69, 9.17) is 0 Å². The van der Waals surface area contributed by atoms with Crippen LogP contribution in [0, 0.1) is 17.0 Å². The van der Waals surface area contributed by atoms with E-state index in [0.717, 1.165) is 11.3 Å². The Kier molecular flexibility index (Phi) is 3.84. The van der Waals surface area contributed by atoms with Crippen molar-refractivity contribution in [2.45, 2.75) is 13.5 Å². The van der Waals surface area contributed by atoms with Crippen molar-refractivity contribution in [1.82, 2.24) is 9.78 Å². The lowest BCUT2D eigenvalue weighted by atomic mass is 10.2. The van der Waals surface area contributed by atoms with E-state index in [1.54, 1.807) is 23.0 Å². The minimum atomic E-state index is -0.412. The van der Waals surface area contributed by atoms with Crippen molar-refractivity contribution in [1.29, 1.82) is 0 Å². The maximum absolute atomic E-state index is 10.8. The van der Waals surface area contributed by atoms with Gasteiger partial charge in [0.05, 0.1) is 15.6 Å². The smallest absolute Gasteiger partial charge is 0.285 e. The Bertz CT molecular complexity index is 624. The van der Waals surface area contributed by atoms with Gasteiger partial charge in [0.1, 0.15) is 0 Å². The third kappa shape index (κ3) is 2.93. The molecule has 0 radical (unpaired) electrons. The lowest BCUT2D eigenvalue weighted by Crippen LogP contribution is -2.02. The monoisotopic (exact) mass is 324 g/mol. The predicted octanol–water partition coefficient (Wildman–Crippen LogP) is 3.01. The molecule has 0 amide bonds. The molecule has 0 saturated carbocycles. The number of nitrogens with one attached hydrogen (secondary N) is 1. The van der Waals surface area contributed by atoms with Gasteiger partial charge in [-0.15, -0.1) is 0 Å². The highest BCUT2D eigenvalue weighted by atomic mass is 79.9. The minimum Gasteiger partial charge on any atom is -0.381 e. The van der Waals surface area contributed by atoms with Gasteiger partial charge >= 0.3 is 0 Å². The summed E-state index contributed by atoms with van der Waals surface area (Å²) in [6, 6.07) is 4.97. The Morgan fingerprint density at radius 3 is 2.84 bits per heavy atom. The molecule has 0 unspecified atom stereocenters. The number of nitro benzene ring substituents is 1. The van der Waals surface area contributed by atoms with Gasteiger partial charge in [0, 0.05) is 36.6 Å². The summed E-state index contributed by atoms with van der Waals surface area (Å²) >= 11 is 3.16. The van der Waals surface area contributed by atoms with Gasteiger partial charge in [0.25, 0.3) is 5.69 Å². The number of aryl methyl sites for hydroxylation is 1. The van der Waals surface area contributed by atoms with Crippen molar-refractivity contribution in [3.05, 3.63) is 50.2 Å². The number of hydrogen-bond acceptors (Lipinski definition) is 4. The van der Waals surface area contributed by atoms with Crippen molar-refractivity contribution >= 4 is 27.3 Å². The maximum atomic E-state index is 10.8. The van der Waals surface area contributed by atoms with E-state index in [-0.39, 0.29) is 5.69 Å². The predicted molar refractivity (Wildman–Crippen MR) is 76.1 cm³/mol. The van der Waals surface area contributed by atoms with E-state index in [9.17, 15) is 10.1 Å². The highest BCUT2D eigenvalue weighted by molar-refractivity contribution is 9.10. The molecule has 19 heavy (non-hydrogen) atoms. The summed E-state index contributed by atoms with van der Waals surface area (Å²) < 4.78 is 2.27. The molecule has 7 heteroatoms. The van der Waals surface area contributed by atoms with Gasteiger partial charge in [-0.3, -0.25) is 14.8 Å². The molecule has 2 aromatic rings. The molecule has 0 atom stereocenters. The first kappa shape index (κ1) is 13.5. The van der Waals surface area contributed by atoms with Gasteiger partial charge in [0.15, 0.2) is 0 Å². The largest absolute Gasteiger partial charge is 0.381 e. The average molecular weight is 325 g/mol. The van der Waals surface area contributed by atoms with Gasteiger partial charge < -0.3 is 5.32 Å². The zero-order valence-electron chi connectivity index (χ0n) is 10.6. The lowest BCUT2D eigenvalue weighted by molar-refractivity contribution is -0.385. The quantitative estimate of drug-likeness (QED) is 0.693. The molecule has 0 aliphatic heterocycles. The molecular formula is C12H13BrN4O2. The number of rotatable bonds is 4. The number of nitro groups is 1. The average Bonchev–Trinajstić information content (AvgIpc) is 2.69. The van der Waals surface area contributed by atoms with Crippen LogP contribution in [0.4, 0.5) is 11.4 Å². The van der Waals surface area contributed by atoms with Gasteiger partial charge in [-0.1, -0.05) is 0 Å². The van der Waals surface area contributed by atoms with Gasteiger partial charge in [0.2, 0.25) is 0 Å². The maximum Gasteiger partial charge on any atom is 0.285 e. The fraction of sp³-hybridized carbons (Fsp3) is 0.250. The van der Waals surface area contributed by atoms with Crippen LogP contribution in [-0.2, 0) is 13.6 Å². The molecule has 100 valence electrons. The normalized spacial score (nSPS) is 10.5. The summed E-state index contributed by atoms with van der Waals surface area (Å²) in [5, 5.41) is 18.1. The molecule has 6 nitrogen and oxygen atoms in total. The first-order valence-electron chi connectivity index (χ1n) is 5.64. The molecule has 0 aliphatic carbocycles. The van der Waals surface area contributed by atoms with E-state index in [1.165, 1.54) is 6.07 Å². The van der Waals surface area contributed by atoms with Crippen molar-refractivity contribution in [2.75, 3.05) is 5.32 Å². The van der Waals surface area contributed by atoms with Crippen molar-refractivity contribution in [2.24, 2.45) is 7.05 Å². The Balaban J connectivity index is 2.14. The number of anilines is 1. The lowest BCUT2D eigenvalue weighted by Gasteiger charge is -2.06. The molecule has 1 N–H and O–H groups in total. The van der Waals surface area contributed by atoms with Crippen LogP contribution in [0.25, 0.3) is 0 Å². The standard InChI is InChI=1S/C12H13BrN4O2/c1-8-9(7-15-16(8)2)6-14-10-3-4-11(13)12(5-10)17(18)19/h3-5,7,14H,6H2,1-2H3. The van der Waals surface area contributed by atoms with Crippen LogP contribution >= 0.6 is 15.9 Å². The molecule has 0 aliphatic rings. The van der Waals surface area contributed by atoms with E-state index in [0.29, 0.717) is 16.7 Å². The summed E-state index contributed by atoms with van der Waals surface area (Å²) in [5.74, 6) is 0. The molecular weight excluding hydrogens is 312 g/mol. The van der Waals surface area contributed by atoms with Crippen molar-refractivity contribution < 1.29 is 4.92 Å². The van der Waals surface area contributed by atoms with E-state index < -0.39 is 4.92 Å². The van der Waals surface area contributed by atoms with Crippen LogP contribution in [-0.4, -0.2) is 14.7 Å². The van der Waals surface area contributed by atoms with Gasteiger partial charge in [-0.05, 0) is 35.0 Å². The Morgan fingerprint density at radius 1 is 1.53 bits per heavy atom. The zero-order valence-corrected chi connectivity index (χ0v) is 12.1. The number of hydrogen-bond donors (Lipinski definition) is 1. The molecule has 1 heterocycles. The van der Waals surface area contributed by atoms with Crippen LogP contribution in [0.5, 0.6) is 0 Å². The fourth-order valence-corrected chi connectivity index (χ4v) is 2.07. The van der Waals surface area contributed by atoms with Gasteiger partial charge in [-0.25, -0.2) is 0 Å². The third-order valence-corrected chi connectivity index (χ3v) is 3.63. The van der Waals surface area contributed by atoms with Crippen molar-refractivity contribution in [3.63, 3.8) is 0 Å². The summed E-state index contributed by atoms with van der Waals surface area (Å²) in [6.07, 6.45) is 1.79. The molecule has 0 saturated heterocycles. The van der Waals surface area contributed by atoms with E-state index >= 15 is 0 Å².